The number of halogens is 1. The van der Waals surface area contributed by atoms with Crippen molar-refractivity contribution in [1.29, 1.82) is 0 Å². The molecule has 3 nitrogen and oxygen atoms in total. The second-order valence-electron chi connectivity index (χ2n) is 3.38. The standard InChI is InChI=1S/C12H11FN2OS/c1-14-11-9(3-2-4-10(11)13)12(16)15-8-5-6-17-7-8/h2-7,14H,1H3,(H,15,16). The van der Waals surface area contributed by atoms with Crippen molar-refractivity contribution in [2.75, 3.05) is 17.7 Å². The monoisotopic (exact) mass is 250 g/mol. The fraction of sp³-hybridized carbons (Fsp3) is 0.0833. The highest BCUT2D eigenvalue weighted by atomic mass is 32.1. The van der Waals surface area contributed by atoms with Gasteiger partial charge in [0.05, 0.1) is 16.9 Å². The number of benzene rings is 1. The molecular weight excluding hydrogens is 239 g/mol. The molecule has 1 aromatic carbocycles. The van der Waals surface area contributed by atoms with E-state index in [-0.39, 0.29) is 11.6 Å². The van der Waals surface area contributed by atoms with Crippen LogP contribution in [0.15, 0.2) is 35.0 Å². The van der Waals surface area contributed by atoms with Gasteiger partial charge >= 0.3 is 0 Å². The molecule has 0 unspecified atom stereocenters. The van der Waals surface area contributed by atoms with E-state index in [2.05, 4.69) is 10.6 Å². The Morgan fingerprint density at radius 3 is 2.82 bits per heavy atom. The van der Waals surface area contributed by atoms with Crippen molar-refractivity contribution in [2.24, 2.45) is 0 Å². The van der Waals surface area contributed by atoms with Crippen LogP contribution in [0, 0.1) is 5.82 Å². The Morgan fingerprint density at radius 2 is 2.18 bits per heavy atom. The zero-order chi connectivity index (χ0) is 12.3. The highest BCUT2D eigenvalue weighted by Crippen LogP contribution is 2.21. The van der Waals surface area contributed by atoms with Gasteiger partial charge in [0.2, 0.25) is 0 Å². The van der Waals surface area contributed by atoms with Crippen molar-refractivity contribution < 1.29 is 9.18 Å². The summed E-state index contributed by atoms with van der Waals surface area (Å²) < 4.78 is 13.4. The maximum Gasteiger partial charge on any atom is 0.257 e. The van der Waals surface area contributed by atoms with Gasteiger partial charge in [-0.2, -0.15) is 11.3 Å². The van der Waals surface area contributed by atoms with Crippen LogP contribution < -0.4 is 10.6 Å². The first kappa shape index (κ1) is 11.6. The lowest BCUT2D eigenvalue weighted by Crippen LogP contribution is -2.14. The van der Waals surface area contributed by atoms with Gasteiger partial charge in [-0.1, -0.05) is 6.07 Å². The van der Waals surface area contributed by atoms with E-state index in [0.29, 0.717) is 11.3 Å². The van der Waals surface area contributed by atoms with E-state index in [1.165, 1.54) is 23.5 Å². The van der Waals surface area contributed by atoms with Crippen LogP contribution in [0.25, 0.3) is 0 Å². The summed E-state index contributed by atoms with van der Waals surface area (Å²) in [6, 6.07) is 6.20. The Balaban J connectivity index is 2.28. The number of nitrogens with one attached hydrogen (secondary N) is 2. The van der Waals surface area contributed by atoms with Gasteiger partial charge in [0, 0.05) is 12.4 Å². The molecule has 2 rings (SSSR count). The van der Waals surface area contributed by atoms with E-state index in [1.807, 2.05) is 10.8 Å². The van der Waals surface area contributed by atoms with E-state index in [0.717, 1.165) is 0 Å². The van der Waals surface area contributed by atoms with Gasteiger partial charge in [-0.25, -0.2) is 4.39 Å². The minimum Gasteiger partial charge on any atom is -0.385 e. The molecule has 0 saturated carbocycles. The molecule has 0 saturated heterocycles. The molecule has 0 aliphatic carbocycles. The second kappa shape index (κ2) is 4.97. The SMILES string of the molecule is CNc1c(F)cccc1C(=O)Nc1ccsc1. The summed E-state index contributed by atoms with van der Waals surface area (Å²) in [6.07, 6.45) is 0. The summed E-state index contributed by atoms with van der Waals surface area (Å²) in [5, 5.41) is 9.07. The number of thiophene rings is 1. The third kappa shape index (κ3) is 2.45. The topological polar surface area (TPSA) is 41.1 Å². The summed E-state index contributed by atoms with van der Waals surface area (Å²) in [7, 11) is 1.58. The van der Waals surface area contributed by atoms with Crippen molar-refractivity contribution in [3.8, 4) is 0 Å². The number of anilines is 2. The fourth-order valence-corrected chi connectivity index (χ4v) is 2.09. The molecule has 0 atom stereocenters. The average Bonchev–Trinajstić information content (AvgIpc) is 2.81. The molecule has 17 heavy (non-hydrogen) atoms. The Labute approximate surface area is 102 Å². The molecule has 2 aromatic rings. The summed E-state index contributed by atoms with van der Waals surface area (Å²) in [5.41, 5.74) is 1.21. The molecule has 0 aliphatic rings. The van der Waals surface area contributed by atoms with Crippen LogP contribution in [0.4, 0.5) is 15.8 Å². The molecule has 1 aromatic heterocycles. The van der Waals surface area contributed by atoms with Crippen LogP contribution in [-0.4, -0.2) is 13.0 Å². The zero-order valence-corrected chi connectivity index (χ0v) is 9.98. The van der Waals surface area contributed by atoms with Crippen LogP contribution in [0.1, 0.15) is 10.4 Å². The van der Waals surface area contributed by atoms with Gasteiger partial charge in [-0.05, 0) is 23.6 Å². The highest BCUT2D eigenvalue weighted by Gasteiger charge is 2.14. The van der Waals surface area contributed by atoms with Gasteiger partial charge in [0.25, 0.3) is 5.91 Å². The van der Waals surface area contributed by atoms with Gasteiger partial charge in [-0.15, -0.1) is 0 Å². The quantitative estimate of drug-likeness (QED) is 0.878. The lowest BCUT2D eigenvalue weighted by atomic mass is 10.1. The van der Waals surface area contributed by atoms with Crippen molar-refractivity contribution in [3.05, 3.63) is 46.4 Å². The maximum absolute atomic E-state index is 13.4. The van der Waals surface area contributed by atoms with Crippen LogP contribution >= 0.6 is 11.3 Å². The Bertz CT molecular complexity index is 525. The number of para-hydroxylation sites is 1. The Morgan fingerprint density at radius 1 is 1.35 bits per heavy atom. The zero-order valence-electron chi connectivity index (χ0n) is 9.16. The Hall–Kier alpha value is -1.88. The van der Waals surface area contributed by atoms with E-state index in [9.17, 15) is 9.18 Å². The van der Waals surface area contributed by atoms with Crippen LogP contribution in [-0.2, 0) is 0 Å². The highest BCUT2D eigenvalue weighted by molar-refractivity contribution is 7.08. The maximum atomic E-state index is 13.4. The van der Waals surface area contributed by atoms with Crippen LogP contribution in [0.2, 0.25) is 0 Å². The molecule has 1 heterocycles. The third-order valence-corrected chi connectivity index (χ3v) is 2.97. The fourth-order valence-electron chi connectivity index (χ4n) is 1.50. The summed E-state index contributed by atoms with van der Waals surface area (Å²) in [4.78, 5) is 11.9. The van der Waals surface area contributed by atoms with Crippen molar-refractivity contribution in [3.63, 3.8) is 0 Å². The lowest BCUT2D eigenvalue weighted by molar-refractivity contribution is 0.102. The van der Waals surface area contributed by atoms with Gasteiger partial charge < -0.3 is 10.6 Å². The first-order valence-corrected chi connectivity index (χ1v) is 5.96. The van der Waals surface area contributed by atoms with E-state index < -0.39 is 5.82 Å². The number of hydrogen-bond donors (Lipinski definition) is 2. The van der Waals surface area contributed by atoms with Crippen LogP contribution in [0.3, 0.4) is 0 Å². The molecule has 1 amide bonds. The number of amides is 1. The van der Waals surface area contributed by atoms with E-state index in [1.54, 1.807) is 19.2 Å². The average molecular weight is 250 g/mol. The first-order valence-electron chi connectivity index (χ1n) is 5.02. The number of rotatable bonds is 3. The minimum absolute atomic E-state index is 0.209. The third-order valence-electron chi connectivity index (χ3n) is 2.29. The first-order chi connectivity index (χ1) is 8.22. The molecule has 2 N–H and O–H groups in total. The molecule has 0 bridgehead atoms. The molecule has 0 spiro atoms. The molecule has 88 valence electrons. The second-order valence-corrected chi connectivity index (χ2v) is 4.16. The summed E-state index contributed by atoms with van der Waals surface area (Å²) in [5.74, 6) is -0.766. The Kier molecular flexibility index (Phi) is 3.39. The molecular formula is C12H11FN2OS. The molecule has 0 aliphatic heterocycles. The van der Waals surface area contributed by atoms with Crippen molar-refractivity contribution in [1.82, 2.24) is 0 Å². The summed E-state index contributed by atoms with van der Waals surface area (Å²) >= 11 is 1.49. The van der Waals surface area contributed by atoms with E-state index in [4.69, 9.17) is 0 Å². The smallest absolute Gasteiger partial charge is 0.257 e. The van der Waals surface area contributed by atoms with E-state index >= 15 is 0 Å². The predicted molar refractivity (Wildman–Crippen MR) is 68.2 cm³/mol. The van der Waals surface area contributed by atoms with Crippen LogP contribution in [0.5, 0.6) is 0 Å². The molecule has 0 radical (unpaired) electrons. The van der Waals surface area contributed by atoms with Crippen molar-refractivity contribution in [2.45, 2.75) is 0 Å². The predicted octanol–water partition coefficient (Wildman–Crippen LogP) is 3.18. The largest absolute Gasteiger partial charge is 0.385 e. The normalized spacial score (nSPS) is 10.0. The van der Waals surface area contributed by atoms with Gasteiger partial charge in [0.15, 0.2) is 0 Å². The molecule has 0 fully saturated rings. The number of carbonyl (C=O) groups excluding carboxylic acids is 1. The number of hydrogen-bond acceptors (Lipinski definition) is 3. The molecule has 5 heteroatoms. The number of carbonyl (C=O) groups is 1. The summed E-state index contributed by atoms with van der Waals surface area (Å²) in [6.45, 7) is 0. The lowest BCUT2D eigenvalue weighted by Gasteiger charge is -2.09. The van der Waals surface area contributed by atoms with Gasteiger partial charge in [0.1, 0.15) is 5.82 Å². The van der Waals surface area contributed by atoms with Crippen molar-refractivity contribution >= 4 is 28.6 Å². The van der Waals surface area contributed by atoms with Gasteiger partial charge in [-0.3, -0.25) is 4.79 Å². The minimum atomic E-state index is -0.439.